The zero-order chi connectivity index (χ0) is 27.5. The van der Waals surface area contributed by atoms with E-state index < -0.39 is 34.8 Å². The second-order valence-corrected chi connectivity index (χ2v) is 8.71. The first-order valence-corrected chi connectivity index (χ1v) is 11.2. The molecule has 37 heavy (non-hydrogen) atoms. The molecule has 7 nitrogen and oxygen atoms in total. The van der Waals surface area contributed by atoms with Crippen molar-refractivity contribution in [1.29, 1.82) is 0 Å². The number of ether oxygens (including phenoxy) is 1. The molecule has 1 atom stereocenters. The minimum atomic E-state index is -4.74. The molecule has 0 heterocycles. The molecule has 1 aliphatic carbocycles. The summed E-state index contributed by atoms with van der Waals surface area (Å²) in [4.78, 5) is 29.0. The number of halogens is 3. The summed E-state index contributed by atoms with van der Waals surface area (Å²) in [6, 6.07) is 8.32. The number of nitrogens with zero attached hydrogens (tertiary/aromatic N) is 1. The summed E-state index contributed by atoms with van der Waals surface area (Å²) < 4.78 is 47.3. The fourth-order valence-corrected chi connectivity index (χ4v) is 4.29. The predicted octanol–water partition coefficient (Wildman–Crippen LogP) is 5.65. The van der Waals surface area contributed by atoms with Gasteiger partial charge >= 0.3 is 18.1 Å². The number of rotatable bonds is 8. The van der Waals surface area contributed by atoms with Crippen molar-refractivity contribution in [3.8, 4) is 5.75 Å². The monoisotopic (exact) mass is 517 g/mol. The van der Waals surface area contributed by atoms with Crippen molar-refractivity contribution in [1.82, 2.24) is 0 Å². The smallest absolute Gasteiger partial charge is 0.419 e. The van der Waals surface area contributed by atoms with E-state index in [4.69, 9.17) is 4.74 Å². The van der Waals surface area contributed by atoms with E-state index in [1.165, 1.54) is 44.4 Å². The molecule has 2 aromatic rings. The zero-order valence-corrected chi connectivity index (χ0v) is 20.6. The Bertz CT molecular complexity index is 1330. The van der Waals surface area contributed by atoms with Crippen LogP contribution < -0.4 is 4.74 Å². The van der Waals surface area contributed by atoms with Gasteiger partial charge in [-0.2, -0.15) is 13.2 Å². The van der Waals surface area contributed by atoms with Crippen LogP contribution >= 0.6 is 0 Å². The predicted molar refractivity (Wildman–Crippen MR) is 130 cm³/mol. The van der Waals surface area contributed by atoms with Crippen molar-refractivity contribution in [2.24, 2.45) is 5.16 Å². The molecule has 10 heteroatoms. The molecule has 0 bridgehead atoms. The second kappa shape index (κ2) is 10.5. The molecule has 1 aliphatic rings. The van der Waals surface area contributed by atoms with Crippen molar-refractivity contribution >= 4 is 17.7 Å². The summed E-state index contributed by atoms with van der Waals surface area (Å²) in [6.45, 7) is 4.39. The second-order valence-electron chi connectivity index (χ2n) is 8.71. The molecule has 0 radical (unpaired) electrons. The quantitative estimate of drug-likeness (QED) is 0.347. The number of hydrogen-bond donors (Lipinski definition) is 2. The molecule has 0 aromatic heterocycles. The fourth-order valence-electron chi connectivity index (χ4n) is 4.29. The molecule has 2 N–H and O–H groups in total. The summed E-state index contributed by atoms with van der Waals surface area (Å²) >= 11 is 0. The summed E-state index contributed by atoms with van der Waals surface area (Å²) in [5.74, 6) is -2.96. The van der Waals surface area contributed by atoms with Gasteiger partial charge in [0, 0.05) is 12.0 Å². The molecule has 3 rings (SSSR count). The molecule has 2 aromatic carbocycles. The van der Waals surface area contributed by atoms with Crippen LogP contribution in [0.4, 0.5) is 13.2 Å². The number of oxime groups is 1. The summed E-state index contributed by atoms with van der Waals surface area (Å²) in [6.07, 6.45) is -2.20. The minimum Gasteiger partial charge on any atom is -0.488 e. The van der Waals surface area contributed by atoms with Gasteiger partial charge in [0.25, 0.3) is 0 Å². The molecule has 0 aliphatic heterocycles. The molecule has 0 fully saturated rings. The van der Waals surface area contributed by atoms with Crippen LogP contribution in [0.1, 0.15) is 48.1 Å². The van der Waals surface area contributed by atoms with E-state index in [1.807, 2.05) is 0 Å². The van der Waals surface area contributed by atoms with E-state index >= 15 is 0 Å². The lowest BCUT2D eigenvalue weighted by Crippen LogP contribution is -2.38. The molecular weight excluding hydrogens is 491 g/mol. The summed E-state index contributed by atoms with van der Waals surface area (Å²) in [5.41, 5.74) is -0.764. The SMILES string of the molecule is CON=C(C)c1ccc(OCc2c(C)cccc2C2(C(=O)O)C=CC(C)=C(C(=O)O)C2)c(C(F)(F)F)c1. The van der Waals surface area contributed by atoms with Gasteiger partial charge in [-0.15, -0.1) is 0 Å². The third kappa shape index (κ3) is 5.52. The van der Waals surface area contributed by atoms with E-state index in [2.05, 4.69) is 9.99 Å². The van der Waals surface area contributed by atoms with Crippen molar-refractivity contribution in [3.05, 3.63) is 87.5 Å². The van der Waals surface area contributed by atoms with Crippen molar-refractivity contribution in [3.63, 3.8) is 0 Å². The number of benzene rings is 2. The number of allylic oxidation sites excluding steroid dienone is 2. The van der Waals surface area contributed by atoms with Gasteiger partial charge in [0.15, 0.2) is 0 Å². The maximum atomic E-state index is 13.9. The molecular formula is C27H26F3NO6. The maximum absolute atomic E-state index is 13.9. The molecule has 196 valence electrons. The van der Waals surface area contributed by atoms with Crippen LogP contribution in [0.25, 0.3) is 0 Å². The maximum Gasteiger partial charge on any atom is 0.419 e. The number of carboxylic acid groups (broad SMARTS) is 2. The van der Waals surface area contributed by atoms with Crippen LogP contribution in [0.2, 0.25) is 0 Å². The highest BCUT2D eigenvalue weighted by Gasteiger charge is 2.44. The highest BCUT2D eigenvalue weighted by atomic mass is 19.4. The van der Waals surface area contributed by atoms with E-state index in [-0.39, 0.29) is 35.4 Å². The van der Waals surface area contributed by atoms with Crippen LogP contribution in [0.3, 0.4) is 0 Å². The Hall–Kier alpha value is -4.08. The van der Waals surface area contributed by atoms with E-state index in [0.29, 0.717) is 16.7 Å². The lowest BCUT2D eigenvalue weighted by atomic mass is 9.69. The van der Waals surface area contributed by atoms with Gasteiger partial charge in [-0.05, 0) is 66.8 Å². The largest absolute Gasteiger partial charge is 0.488 e. The van der Waals surface area contributed by atoms with Crippen LogP contribution in [0.5, 0.6) is 5.75 Å². The number of carboxylic acids is 2. The Morgan fingerprint density at radius 2 is 1.84 bits per heavy atom. The van der Waals surface area contributed by atoms with Gasteiger partial charge in [-0.1, -0.05) is 35.5 Å². The molecule has 0 saturated heterocycles. The molecule has 0 amide bonds. The normalized spacial score (nSPS) is 18.1. The van der Waals surface area contributed by atoms with Gasteiger partial charge in [0.2, 0.25) is 0 Å². The summed E-state index contributed by atoms with van der Waals surface area (Å²) in [5, 5.41) is 23.5. The number of aryl methyl sites for hydroxylation is 1. The topological polar surface area (TPSA) is 105 Å². The third-order valence-electron chi connectivity index (χ3n) is 6.38. The van der Waals surface area contributed by atoms with Crippen molar-refractivity contribution in [2.45, 2.75) is 45.4 Å². The number of hydrogen-bond acceptors (Lipinski definition) is 5. The van der Waals surface area contributed by atoms with Gasteiger partial charge in [-0.3, -0.25) is 4.79 Å². The Morgan fingerprint density at radius 3 is 2.43 bits per heavy atom. The van der Waals surface area contributed by atoms with Crippen LogP contribution in [0, 0.1) is 6.92 Å². The highest BCUT2D eigenvalue weighted by molar-refractivity contribution is 5.98. The van der Waals surface area contributed by atoms with Gasteiger partial charge < -0.3 is 19.8 Å². The number of alkyl halides is 3. The Balaban J connectivity index is 2.07. The van der Waals surface area contributed by atoms with Gasteiger partial charge in [0.1, 0.15) is 24.9 Å². The minimum absolute atomic E-state index is 0.0543. The van der Waals surface area contributed by atoms with E-state index in [0.717, 1.165) is 6.07 Å². The lowest BCUT2D eigenvalue weighted by molar-refractivity contribution is -0.142. The zero-order valence-electron chi connectivity index (χ0n) is 20.6. The van der Waals surface area contributed by atoms with E-state index in [9.17, 15) is 33.0 Å². The average molecular weight is 518 g/mol. The average Bonchev–Trinajstić information content (AvgIpc) is 2.83. The Kier molecular flexibility index (Phi) is 7.80. The molecule has 1 unspecified atom stereocenters. The third-order valence-corrected chi connectivity index (χ3v) is 6.38. The standard InChI is InChI=1S/C27H26F3NO6/c1-15-6-5-7-21(26(25(34)35)11-10-16(2)19(13-26)24(32)33)20(15)14-37-23-9-8-18(17(3)31-36-4)12-22(23)27(28,29)30/h5-12H,13-14H2,1-4H3,(H,32,33)(H,34,35). The first kappa shape index (κ1) is 27.5. The summed E-state index contributed by atoms with van der Waals surface area (Å²) in [7, 11) is 1.29. The molecule has 0 saturated carbocycles. The van der Waals surface area contributed by atoms with Crippen molar-refractivity contribution in [2.75, 3.05) is 7.11 Å². The first-order chi connectivity index (χ1) is 17.3. The first-order valence-electron chi connectivity index (χ1n) is 11.2. The van der Waals surface area contributed by atoms with Crippen LogP contribution in [-0.4, -0.2) is 35.0 Å². The molecule has 0 spiro atoms. The Morgan fingerprint density at radius 1 is 1.14 bits per heavy atom. The van der Waals surface area contributed by atoms with Crippen LogP contribution in [-0.2, 0) is 32.6 Å². The number of aliphatic carboxylic acids is 2. The van der Waals surface area contributed by atoms with E-state index in [1.54, 1.807) is 26.0 Å². The lowest BCUT2D eigenvalue weighted by Gasteiger charge is -2.32. The Labute approximate surface area is 211 Å². The number of carbonyl (C=O) groups is 2. The van der Waals surface area contributed by atoms with Gasteiger partial charge in [-0.25, -0.2) is 4.79 Å². The highest BCUT2D eigenvalue weighted by Crippen LogP contribution is 2.42. The van der Waals surface area contributed by atoms with Crippen LogP contribution in [0.15, 0.2) is 64.9 Å². The van der Waals surface area contributed by atoms with Crippen molar-refractivity contribution < 1.29 is 42.5 Å². The fraction of sp³-hybridized carbons (Fsp3) is 0.296. The van der Waals surface area contributed by atoms with Gasteiger partial charge in [0.05, 0.1) is 11.3 Å².